The van der Waals surface area contributed by atoms with Gasteiger partial charge in [0.2, 0.25) is 0 Å². The lowest BCUT2D eigenvalue weighted by atomic mass is 10.1. The molecule has 0 aromatic heterocycles. The molecule has 0 amide bonds. The van der Waals surface area contributed by atoms with Crippen molar-refractivity contribution in [1.29, 1.82) is 0 Å². The number of nitrogens with zero attached hydrogens (tertiary/aromatic N) is 1. The van der Waals surface area contributed by atoms with Gasteiger partial charge in [-0.15, -0.1) is 0 Å². The minimum atomic E-state index is -0.462. The van der Waals surface area contributed by atoms with Crippen molar-refractivity contribution in [2.24, 2.45) is 0 Å². The summed E-state index contributed by atoms with van der Waals surface area (Å²) >= 11 is 0. The fourth-order valence-corrected chi connectivity index (χ4v) is 2.44. The first-order valence-electron chi connectivity index (χ1n) is 7.78. The summed E-state index contributed by atoms with van der Waals surface area (Å²) in [7, 11) is 1.72. The highest BCUT2D eigenvalue weighted by Crippen LogP contribution is 2.29. The first-order valence-corrected chi connectivity index (χ1v) is 7.78. The van der Waals surface area contributed by atoms with Gasteiger partial charge in [-0.25, -0.2) is 0 Å². The predicted molar refractivity (Wildman–Crippen MR) is 83.6 cm³/mol. The summed E-state index contributed by atoms with van der Waals surface area (Å²) in [5, 5.41) is 10.4. The van der Waals surface area contributed by atoms with E-state index in [2.05, 4.69) is 4.90 Å². The van der Waals surface area contributed by atoms with E-state index in [1.165, 1.54) is 12.8 Å². The Kier molecular flexibility index (Phi) is 6.03. The molecule has 0 aliphatic heterocycles. The Morgan fingerprint density at radius 1 is 1.24 bits per heavy atom. The fourth-order valence-electron chi connectivity index (χ4n) is 2.44. The maximum absolute atomic E-state index is 10.4. The first kappa shape index (κ1) is 16.3. The minimum Gasteiger partial charge on any atom is -0.491 e. The van der Waals surface area contributed by atoms with Crippen molar-refractivity contribution in [2.75, 3.05) is 26.8 Å². The molecule has 1 fully saturated rings. The van der Waals surface area contributed by atoms with Gasteiger partial charge in [0, 0.05) is 26.2 Å². The van der Waals surface area contributed by atoms with Gasteiger partial charge in [0.15, 0.2) is 0 Å². The summed E-state index contributed by atoms with van der Waals surface area (Å²) in [6.45, 7) is 6.27. The second-order valence-corrected chi connectivity index (χ2v) is 5.97. The molecule has 1 aliphatic carbocycles. The van der Waals surface area contributed by atoms with Crippen LogP contribution in [0.25, 0.3) is 0 Å². The van der Waals surface area contributed by atoms with Crippen molar-refractivity contribution >= 4 is 0 Å². The number of aliphatic hydroxyl groups excluding tert-OH is 1. The average Bonchev–Trinajstić information content (AvgIpc) is 3.28. The van der Waals surface area contributed by atoms with Crippen LogP contribution in [0.2, 0.25) is 0 Å². The third-order valence-electron chi connectivity index (χ3n) is 3.69. The number of methoxy groups -OCH3 is 1. The van der Waals surface area contributed by atoms with E-state index in [9.17, 15) is 5.11 Å². The van der Waals surface area contributed by atoms with Gasteiger partial charge in [0.1, 0.15) is 5.75 Å². The molecular weight excluding hydrogens is 266 g/mol. The molecule has 1 atom stereocenters. The van der Waals surface area contributed by atoms with Crippen molar-refractivity contribution < 1.29 is 14.6 Å². The molecule has 1 unspecified atom stereocenters. The van der Waals surface area contributed by atoms with Crippen LogP contribution in [0.1, 0.15) is 38.4 Å². The summed E-state index contributed by atoms with van der Waals surface area (Å²) in [5.74, 6) is 0.847. The highest BCUT2D eigenvalue weighted by atomic mass is 16.5. The molecule has 118 valence electrons. The largest absolute Gasteiger partial charge is 0.491 e. The Labute approximate surface area is 127 Å². The van der Waals surface area contributed by atoms with Crippen molar-refractivity contribution in [3.8, 4) is 5.75 Å². The zero-order valence-electron chi connectivity index (χ0n) is 13.3. The Bertz CT molecular complexity index is 415. The van der Waals surface area contributed by atoms with E-state index in [0.29, 0.717) is 19.2 Å². The van der Waals surface area contributed by atoms with Gasteiger partial charge < -0.3 is 14.6 Å². The van der Waals surface area contributed by atoms with Crippen LogP contribution in [0.15, 0.2) is 24.3 Å². The van der Waals surface area contributed by atoms with Crippen molar-refractivity contribution in [1.82, 2.24) is 4.90 Å². The molecule has 1 N–H and O–H groups in total. The Balaban J connectivity index is 1.90. The molecule has 0 radical (unpaired) electrons. The lowest BCUT2D eigenvalue weighted by Gasteiger charge is -2.25. The Hall–Kier alpha value is -1.10. The van der Waals surface area contributed by atoms with Crippen LogP contribution in [0.5, 0.6) is 5.75 Å². The molecule has 1 saturated carbocycles. The monoisotopic (exact) mass is 293 g/mol. The third kappa shape index (κ3) is 5.30. The normalized spacial score (nSPS) is 16.5. The number of hydrogen-bond donors (Lipinski definition) is 1. The molecule has 1 aliphatic rings. The van der Waals surface area contributed by atoms with E-state index in [1.54, 1.807) is 7.11 Å². The number of ether oxygens (including phenoxy) is 2. The number of hydrogen-bond acceptors (Lipinski definition) is 4. The SMILES string of the molecule is COCCN(CC(O)c1ccc(OC(C)C)cc1)C1CC1. The van der Waals surface area contributed by atoms with Gasteiger partial charge >= 0.3 is 0 Å². The molecule has 0 bridgehead atoms. The van der Waals surface area contributed by atoms with Gasteiger partial charge in [0.05, 0.1) is 18.8 Å². The highest BCUT2D eigenvalue weighted by Gasteiger charge is 2.30. The number of benzene rings is 1. The summed E-state index contributed by atoms with van der Waals surface area (Å²) in [6.07, 6.45) is 2.17. The van der Waals surface area contributed by atoms with E-state index < -0.39 is 6.10 Å². The molecule has 4 heteroatoms. The second kappa shape index (κ2) is 7.78. The third-order valence-corrected chi connectivity index (χ3v) is 3.69. The van der Waals surface area contributed by atoms with Gasteiger partial charge in [-0.05, 0) is 44.4 Å². The maximum Gasteiger partial charge on any atom is 0.119 e. The molecule has 1 aromatic carbocycles. The molecule has 2 rings (SSSR count). The molecule has 0 saturated heterocycles. The van der Waals surface area contributed by atoms with Crippen LogP contribution in [0.3, 0.4) is 0 Å². The summed E-state index contributed by atoms with van der Waals surface area (Å²) < 4.78 is 10.8. The number of aliphatic hydroxyl groups is 1. The van der Waals surface area contributed by atoms with Gasteiger partial charge in [-0.3, -0.25) is 4.90 Å². The van der Waals surface area contributed by atoms with E-state index in [-0.39, 0.29) is 6.10 Å². The smallest absolute Gasteiger partial charge is 0.119 e. The van der Waals surface area contributed by atoms with Crippen LogP contribution >= 0.6 is 0 Å². The van der Waals surface area contributed by atoms with Crippen molar-refractivity contribution in [3.63, 3.8) is 0 Å². The van der Waals surface area contributed by atoms with Gasteiger partial charge in [-0.2, -0.15) is 0 Å². The lowest BCUT2D eigenvalue weighted by molar-refractivity contribution is 0.0845. The quantitative estimate of drug-likeness (QED) is 0.760. The van der Waals surface area contributed by atoms with Crippen LogP contribution in [-0.2, 0) is 4.74 Å². The van der Waals surface area contributed by atoms with Crippen molar-refractivity contribution in [3.05, 3.63) is 29.8 Å². The number of rotatable bonds is 9. The summed E-state index contributed by atoms with van der Waals surface area (Å²) in [5.41, 5.74) is 0.939. The molecule has 4 nitrogen and oxygen atoms in total. The second-order valence-electron chi connectivity index (χ2n) is 5.97. The topological polar surface area (TPSA) is 41.9 Å². The molecule has 1 aromatic rings. The van der Waals surface area contributed by atoms with Crippen LogP contribution in [-0.4, -0.2) is 49.0 Å². The first-order chi connectivity index (χ1) is 10.1. The predicted octanol–water partition coefficient (Wildman–Crippen LogP) is 2.62. The molecule has 21 heavy (non-hydrogen) atoms. The summed E-state index contributed by atoms with van der Waals surface area (Å²) in [6, 6.07) is 8.37. The van der Waals surface area contributed by atoms with Crippen LogP contribution < -0.4 is 4.74 Å². The van der Waals surface area contributed by atoms with E-state index in [4.69, 9.17) is 9.47 Å². The lowest BCUT2D eigenvalue weighted by Crippen LogP contribution is -2.33. The maximum atomic E-state index is 10.4. The van der Waals surface area contributed by atoms with Crippen LogP contribution in [0, 0.1) is 0 Å². The average molecular weight is 293 g/mol. The minimum absolute atomic E-state index is 0.167. The van der Waals surface area contributed by atoms with Crippen molar-refractivity contribution in [2.45, 2.75) is 44.9 Å². The van der Waals surface area contributed by atoms with Gasteiger partial charge in [0.25, 0.3) is 0 Å². The van der Waals surface area contributed by atoms with E-state index in [1.807, 2.05) is 38.1 Å². The van der Waals surface area contributed by atoms with E-state index >= 15 is 0 Å². The Morgan fingerprint density at radius 3 is 2.43 bits per heavy atom. The zero-order chi connectivity index (χ0) is 15.2. The molecule has 0 spiro atoms. The highest BCUT2D eigenvalue weighted by molar-refractivity contribution is 5.28. The Morgan fingerprint density at radius 2 is 1.90 bits per heavy atom. The van der Waals surface area contributed by atoms with E-state index in [0.717, 1.165) is 17.9 Å². The zero-order valence-corrected chi connectivity index (χ0v) is 13.3. The summed E-state index contributed by atoms with van der Waals surface area (Å²) in [4.78, 5) is 2.33. The standard InChI is InChI=1S/C17H27NO3/c1-13(2)21-16-8-4-14(5-9-16)17(19)12-18(10-11-20-3)15-6-7-15/h4-5,8-9,13,15,17,19H,6-7,10-12H2,1-3H3. The van der Waals surface area contributed by atoms with Crippen LogP contribution in [0.4, 0.5) is 0 Å². The van der Waals surface area contributed by atoms with Gasteiger partial charge in [-0.1, -0.05) is 12.1 Å². The fraction of sp³-hybridized carbons (Fsp3) is 0.647. The molecule has 0 heterocycles. The molecular formula is C17H27NO3.